The number of non-ortho nitro benzene ring substituents is 1. The Hall–Kier alpha value is -2.89. The third kappa shape index (κ3) is 2.54. The number of nitrogens with zero attached hydrogens (tertiary/aromatic N) is 1. The van der Waals surface area contributed by atoms with Crippen LogP contribution in [0.25, 0.3) is 11.6 Å². The van der Waals surface area contributed by atoms with E-state index in [1.54, 1.807) is 6.07 Å². The largest absolute Gasteiger partial charge is 0.358 e. The number of nitro benzene ring substituents is 1. The van der Waals surface area contributed by atoms with Crippen LogP contribution in [0, 0.1) is 10.1 Å². The fraction of sp³-hybridized carbons (Fsp3) is 0.316. The predicted molar refractivity (Wildman–Crippen MR) is 96.4 cm³/mol. The molecule has 2 N–H and O–H groups in total. The van der Waals surface area contributed by atoms with Gasteiger partial charge < -0.3 is 10.3 Å². The van der Waals surface area contributed by atoms with E-state index in [9.17, 15) is 14.9 Å². The van der Waals surface area contributed by atoms with Crippen molar-refractivity contribution in [2.24, 2.45) is 0 Å². The van der Waals surface area contributed by atoms with Crippen molar-refractivity contribution < 1.29 is 9.72 Å². The SMILES string of the molecule is CCc1c(C=C2C(=O)Nc3ccc([N+](=O)[O-])cc32)[nH]c2c1CCCC2. The molecule has 0 bridgehead atoms. The standard InChI is InChI=1S/C19H19N3O3/c1-2-12-13-5-3-4-6-16(13)20-18(12)10-15-14-9-11(22(24)25)7-8-17(14)21-19(15)23/h7-10,20H,2-6H2,1H3,(H,21,23). The summed E-state index contributed by atoms with van der Waals surface area (Å²) in [5, 5.41) is 13.8. The number of benzene rings is 1. The third-order valence-corrected chi connectivity index (χ3v) is 5.08. The van der Waals surface area contributed by atoms with Crippen molar-refractivity contribution in [1.29, 1.82) is 0 Å². The lowest BCUT2D eigenvalue weighted by molar-refractivity contribution is -0.384. The summed E-state index contributed by atoms with van der Waals surface area (Å²) >= 11 is 0. The first kappa shape index (κ1) is 15.6. The third-order valence-electron chi connectivity index (χ3n) is 5.08. The second kappa shape index (κ2) is 5.88. The number of carbonyl (C=O) groups excluding carboxylic acids is 1. The molecule has 6 heteroatoms. The van der Waals surface area contributed by atoms with Gasteiger partial charge in [0.1, 0.15) is 0 Å². The minimum absolute atomic E-state index is 0.0114. The second-order valence-corrected chi connectivity index (χ2v) is 6.53. The highest BCUT2D eigenvalue weighted by atomic mass is 16.6. The molecule has 2 aliphatic rings. The van der Waals surface area contributed by atoms with Crippen LogP contribution in [-0.4, -0.2) is 15.8 Å². The van der Waals surface area contributed by atoms with Gasteiger partial charge in [-0.25, -0.2) is 0 Å². The number of hydrogen-bond donors (Lipinski definition) is 2. The molecule has 0 saturated carbocycles. The van der Waals surface area contributed by atoms with Gasteiger partial charge in [-0.15, -0.1) is 0 Å². The van der Waals surface area contributed by atoms with Crippen molar-refractivity contribution >= 4 is 28.9 Å². The second-order valence-electron chi connectivity index (χ2n) is 6.53. The topological polar surface area (TPSA) is 88.0 Å². The minimum atomic E-state index is -0.439. The van der Waals surface area contributed by atoms with Crippen LogP contribution in [-0.2, 0) is 24.1 Å². The number of anilines is 1. The van der Waals surface area contributed by atoms with Gasteiger partial charge in [-0.3, -0.25) is 14.9 Å². The average Bonchev–Trinajstić information content (AvgIpc) is 3.11. The Morgan fingerprint density at radius 3 is 2.84 bits per heavy atom. The molecule has 1 aliphatic heterocycles. The normalized spacial score (nSPS) is 17.3. The van der Waals surface area contributed by atoms with Gasteiger partial charge in [0.15, 0.2) is 0 Å². The minimum Gasteiger partial charge on any atom is -0.358 e. The van der Waals surface area contributed by atoms with Gasteiger partial charge in [0.25, 0.3) is 11.6 Å². The van der Waals surface area contributed by atoms with Gasteiger partial charge in [0.05, 0.1) is 10.5 Å². The highest BCUT2D eigenvalue weighted by Gasteiger charge is 2.27. The van der Waals surface area contributed by atoms with Crippen molar-refractivity contribution in [1.82, 2.24) is 4.98 Å². The maximum atomic E-state index is 12.4. The maximum absolute atomic E-state index is 12.4. The molecule has 0 unspecified atom stereocenters. The first-order chi connectivity index (χ1) is 12.1. The molecule has 0 saturated heterocycles. The molecule has 2 aromatic rings. The lowest BCUT2D eigenvalue weighted by atomic mass is 9.93. The van der Waals surface area contributed by atoms with Crippen LogP contribution in [0.2, 0.25) is 0 Å². The summed E-state index contributed by atoms with van der Waals surface area (Å²) in [4.78, 5) is 26.5. The van der Waals surface area contributed by atoms with E-state index in [1.165, 1.54) is 41.8 Å². The predicted octanol–water partition coefficient (Wildman–Crippen LogP) is 3.86. The lowest BCUT2D eigenvalue weighted by Gasteiger charge is -2.11. The first-order valence-electron chi connectivity index (χ1n) is 8.63. The van der Waals surface area contributed by atoms with Gasteiger partial charge in [-0.2, -0.15) is 0 Å². The Labute approximate surface area is 145 Å². The molecule has 25 heavy (non-hydrogen) atoms. The van der Waals surface area contributed by atoms with Gasteiger partial charge in [-0.05, 0) is 55.4 Å². The summed E-state index contributed by atoms with van der Waals surface area (Å²) in [5.74, 6) is -0.217. The summed E-state index contributed by atoms with van der Waals surface area (Å²) in [7, 11) is 0. The average molecular weight is 337 g/mol. The quantitative estimate of drug-likeness (QED) is 0.506. The van der Waals surface area contributed by atoms with Crippen molar-refractivity contribution in [3.63, 3.8) is 0 Å². The molecule has 0 radical (unpaired) electrons. The molecular formula is C19H19N3O3. The summed E-state index contributed by atoms with van der Waals surface area (Å²) in [6.45, 7) is 2.12. The molecule has 0 spiro atoms. The Morgan fingerprint density at radius 2 is 2.08 bits per heavy atom. The first-order valence-corrected chi connectivity index (χ1v) is 8.63. The zero-order chi connectivity index (χ0) is 17.6. The Balaban J connectivity index is 1.83. The highest BCUT2D eigenvalue weighted by Crippen LogP contribution is 2.37. The van der Waals surface area contributed by atoms with E-state index in [1.807, 2.05) is 6.08 Å². The smallest absolute Gasteiger partial charge is 0.270 e. The van der Waals surface area contributed by atoms with E-state index in [0.717, 1.165) is 25.0 Å². The summed E-state index contributed by atoms with van der Waals surface area (Å²) in [6.07, 6.45) is 7.24. The molecular weight excluding hydrogens is 318 g/mol. The fourth-order valence-corrected chi connectivity index (χ4v) is 3.88. The van der Waals surface area contributed by atoms with Crippen molar-refractivity contribution in [2.45, 2.75) is 39.0 Å². The molecule has 128 valence electrons. The number of fused-ring (bicyclic) bond motifs is 2. The molecule has 4 rings (SSSR count). The summed E-state index contributed by atoms with van der Waals surface area (Å²) in [5.41, 5.74) is 6.55. The Morgan fingerprint density at radius 1 is 1.28 bits per heavy atom. The lowest BCUT2D eigenvalue weighted by Crippen LogP contribution is -2.03. The summed E-state index contributed by atoms with van der Waals surface area (Å²) in [6, 6.07) is 4.47. The Bertz CT molecular complexity index is 924. The number of H-pyrrole nitrogens is 1. The van der Waals surface area contributed by atoms with E-state index in [-0.39, 0.29) is 11.6 Å². The van der Waals surface area contributed by atoms with Gasteiger partial charge in [0, 0.05) is 34.8 Å². The number of aromatic nitrogens is 1. The highest BCUT2D eigenvalue weighted by molar-refractivity contribution is 6.35. The zero-order valence-electron chi connectivity index (χ0n) is 14.0. The van der Waals surface area contributed by atoms with Crippen LogP contribution in [0.5, 0.6) is 0 Å². The number of aryl methyl sites for hydroxylation is 1. The van der Waals surface area contributed by atoms with Crippen LogP contribution in [0.1, 0.15) is 47.8 Å². The van der Waals surface area contributed by atoms with Crippen molar-refractivity contribution in [2.75, 3.05) is 5.32 Å². The van der Waals surface area contributed by atoms with Crippen molar-refractivity contribution in [3.05, 3.63) is 56.4 Å². The molecule has 1 aliphatic carbocycles. The molecule has 6 nitrogen and oxygen atoms in total. The van der Waals surface area contributed by atoms with Crippen LogP contribution in [0.3, 0.4) is 0 Å². The monoisotopic (exact) mass is 337 g/mol. The van der Waals surface area contributed by atoms with Gasteiger partial charge in [-0.1, -0.05) is 6.92 Å². The van der Waals surface area contributed by atoms with E-state index in [0.29, 0.717) is 16.8 Å². The Kier molecular flexibility index (Phi) is 3.67. The molecule has 0 fully saturated rings. The maximum Gasteiger partial charge on any atom is 0.270 e. The molecule has 1 aromatic heterocycles. The van der Waals surface area contributed by atoms with E-state index in [4.69, 9.17) is 0 Å². The number of nitro groups is 1. The van der Waals surface area contributed by atoms with E-state index >= 15 is 0 Å². The van der Waals surface area contributed by atoms with Crippen LogP contribution >= 0.6 is 0 Å². The number of carbonyl (C=O) groups is 1. The molecule has 0 atom stereocenters. The number of rotatable bonds is 3. The molecule has 1 aromatic carbocycles. The van der Waals surface area contributed by atoms with Gasteiger partial charge in [0.2, 0.25) is 0 Å². The molecule has 1 amide bonds. The number of nitrogens with one attached hydrogen (secondary N) is 2. The van der Waals surface area contributed by atoms with Crippen LogP contribution < -0.4 is 5.32 Å². The zero-order valence-corrected chi connectivity index (χ0v) is 14.0. The molecule has 2 heterocycles. The van der Waals surface area contributed by atoms with Gasteiger partial charge >= 0.3 is 0 Å². The number of hydrogen-bond acceptors (Lipinski definition) is 3. The number of amides is 1. The van der Waals surface area contributed by atoms with Crippen LogP contribution in [0.4, 0.5) is 11.4 Å². The van der Waals surface area contributed by atoms with E-state index < -0.39 is 4.92 Å². The van der Waals surface area contributed by atoms with E-state index in [2.05, 4.69) is 17.2 Å². The fourth-order valence-electron chi connectivity index (χ4n) is 3.88. The number of aromatic amines is 1. The summed E-state index contributed by atoms with van der Waals surface area (Å²) < 4.78 is 0. The van der Waals surface area contributed by atoms with Crippen LogP contribution in [0.15, 0.2) is 18.2 Å². The van der Waals surface area contributed by atoms with Crippen molar-refractivity contribution in [3.8, 4) is 0 Å².